The van der Waals surface area contributed by atoms with Gasteiger partial charge in [0.1, 0.15) is 0 Å². The molecular formula is C9H9N3O2. The largest absolute Gasteiger partial charge is 0.465 e. The van der Waals surface area contributed by atoms with Crippen LogP contribution >= 0.6 is 0 Å². The number of carboxylic acid groups (broad SMARTS) is 1. The zero-order valence-corrected chi connectivity index (χ0v) is 7.32. The third-order valence-corrected chi connectivity index (χ3v) is 1.92. The van der Waals surface area contributed by atoms with Gasteiger partial charge < -0.3 is 10.4 Å². The predicted octanol–water partition coefficient (Wildman–Crippen LogP) is 1.54. The Labute approximate surface area is 80.5 Å². The number of fused-ring (bicyclic) bond motifs is 1. The van der Waals surface area contributed by atoms with Gasteiger partial charge in [-0.15, -0.1) is 0 Å². The number of carbonyl (C=O) groups is 1. The maximum atomic E-state index is 10.4. The van der Waals surface area contributed by atoms with E-state index in [1.807, 2.05) is 0 Å². The Kier molecular flexibility index (Phi) is 2.06. The lowest BCUT2D eigenvalue weighted by atomic mass is 10.1. The van der Waals surface area contributed by atoms with Gasteiger partial charge in [-0.1, -0.05) is 0 Å². The van der Waals surface area contributed by atoms with Crippen molar-refractivity contribution in [1.29, 1.82) is 0 Å². The predicted molar refractivity (Wildman–Crippen MR) is 53.1 cm³/mol. The molecule has 1 aliphatic rings. The van der Waals surface area contributed by atoms with Gasteiger partial charge in [-0.05, 0) is 23.8 Å². The van der Waals surface area contributed by atoms with E-state index in [0.29, 0.717) is 12.2 Å². The van der Waals surface area contributed by atoms with Gasteiger partial charge in [-0.2, -0.15) is 0 Å². The van der Waals surface area contributed by atoms with Crippen molar-refractivity contribution >= 4 is 23.8 Å². The highest BCUT2D eigenvalue weighted by Gasteiger charge is 2.06. The maximum Gasteiger partial charge on any atom is 0.409 e. The molecule has 1 heterocycles. The summed E-state index contributed by atoms with van der Waals surface area (Å²) in [5.74, 6) is 0. The Morgan fingerprint density at radius 1 is 1.57 bits per heavy atom. The number of nitrogens with zero attached hydrogens (tertiary/aromatic N) is 1. The standard InChI is InChI=1S/C9H9N3O2/c13-9(14)12-7-1-2-8-6(3-7)4-10-5-11-8/h1-3,5,12H,4H2,(H,10,11)(H,13,14). The number of aliphatic imine (C=N–C) groups is 1. The van der Waals surface area contributed by atoms with E-state index in [1.165, 1.54) is 0 Å². The normalized spacial score (nSPS) is 12.9. The van der Waals surface area contributed by atoms with E-state index in [2.05, 4.69) is 15.6 Å². The molecule has 0 atom stereocenters. The van der Waals surface area contributed by atoms with Crippen LogP contribution in [0.5, 0.6) is 0 Å². The molecule has 0 radical (unpaired) electrons. The first-order valence-corrected chi connectivity index (χ1v) is 4.14. The van der Waals surface area contributed by atoms with E-state index in [-0.39, 0.29) is 0 Å². The third kappa shape index (κ3) is 1.66. The molecule has 3 N–H and O–H groups in total. The van der Waals surface area contributed by atoms with Crippen molar-refractivity contribution in [3.63, 3.8) is 0 Å². The summed E-state index contributed by atoms with van der Waals surface area (Å²) < 4.78 is 0. The van der Waals surface area contributed by atoms with Crippen LogP contribution in [0.1, 0.15) is 5.56 Å². The summed E-state index contributed by atoms with van der Waals surface area (Å²) in [6.07, 6.45) is 0.573. The molecule has 0 aromatic heterocycles. The van der Waals surface area contributed by atoms with Crippen LogP contribution in [0.2, 0.25) is 0 Å². The molecule has 0 aliphatic carbocycles. The first kappa shape index (κ1) is 8.55. The van der Waals surface area contributed by atoms with Gasteiger partial charge in [0, 0.05) is 12.2 Å². The van der Waals surface area contributed by atoms with E-state index in [0.717, 1.165) is 11.3 Å². The van der Waals surface area contributed by atoms with Gasteiger partial charge in [0.25, 0.3) is 0 Å². The van der Waals surface area contributed by atoms with Crippen molar-refractivity contribution in [3.05, 3.63) is 23.8 Å². The van der Waals surface area contributed by atoms with E-state index in [4.69, 9.17) is 5.11 Å². The molecule has 1 aliphatic heterocycles. The van der Waals surface area contributed by atoms with Gasteiger partial charge in [0.05, 0.1) is 12.0 Å². The van der Waals surface area contributed by atoms with Crippen molar-refractivity contribution in [2.75, 3.05) is 5.32 Å². The summed E-state index contributed by atoms with van der Waals surface area (Å²) >= 11 is 0. The number of hydrogen-bond donors (Lipinski definition) is 3. The fourth-order valence-electron chi connectivity index (χ4n) is 1.33. The Hall–Kier alpha value is -2.04. The lowest BCUT2D eigenvalue weighted by Crippen LogP contribution is -2.14. The van der Waals surface area contributed by atoms with Crippen molar-refractivity contribution < 1.29 is 9.90 Å². The molecule has 72 valence electrons. The lowest BCUT2D eigenvalue weighted by Gasteiger charge is -2.12. The molecule has 0 spiro atoms. The molecule has 2 rings (SSSR count). The molecular weight excluding hydrogens is 182 g/mol. The average Bonchev–Trinajstić information content (AvgIpc) is 2.17. The van der Waals surface area contributed by atoms with Crippen LogP contribution in [-0.4, -0.2) is 17.5 Å². The van der Waals surface area contributed by atoms with Crippen LogP contribution in [0.25, 0.3) is 0 Å². The molecule has 0 saturated heterocycles. The van der Waals surface area contributed by atoms with Crippen molar-refractivity contribution in [3.8, 4) is 0 Å². The molecule has 0 saturated carbocycles. The van der Waals surface area contributed by atoms with Gasteiger partial charge in [-0.3, -0.25) is 5.32 Å². The fourth-order valence-corrected chi connectivity index (χ4v) is 1.33. The van der Waals surface area contributed by atoms with Gasteiger partial charge in [0.15, 0.2) is 0 Å². The topological polar surface area (TPSA) is 73.7 Å². The Morgan fingerprint density at radius 3 is 3.21 bits per heavy atom. The molecule has 1 aromatic rings. The summed E-state index contributed by atoms with van der Waals surface area (Å²) in [5, 5.41) is 13.8. The van der Waals surface area contributed by atoms with Crippen LogP contribution in [-0.2, 0) is 6.54 Å². The van der Waals surface area contributed by atoms with Crippen molar-refractivity contribution in [1.82, 2.24) is 5.32 Å². The Morgan fingerprint density at radius 2 is 2.43 bits per heavy atom. The van der Waals surface area contributed by atoms with E-state index >= 15 is 0 Å². The minimum absolute atomic E-state index is 0.565. The van der Waals surface area contributed by atoms with Crippen LogP contribution < -0.4 is 10.6 Å². The zero-order valence-electron chi connectivity index (χ0n) is 7.32. The average molecular weight is 191 g/mol. The van der Waals surface area contributed by atoms with E-state index in [1.54, 1.807) is 24.5 Å². The zero-order chi connectivity index (χ0) is 9.97. The molecule has 14 heavy (non-hydrogen) atoms. The monoisotopic (exact) mass is 191 g/mol. The quantitative estimate of drug-likeness (QED) is 0.630. The van der Waals surface area contributed by atoms with Gasteiger partial charge in [-0.25, -0.2) is 9.79 Å². The summed E-state index contributed by atoms with van der Waals surface area (Å²) in [6, 6.07) is 5.25. The minimum atomic E-state index is -1.06. The van der Waals surface area contributed by atoms with Crippen LogP contribution in [0.15, 0.2) is 23.2 Å². The van der Waals surface area contributed by atoms with Gasteiger partial charge >= 0.3 is 6.09 Å². The van der Waals surface area contributed by atoms with Crippen LogP contribution in [0.4, 0.5) is 16.2 Å². The SMILES string of the molecule is O=C(O)Nc1ccc2c(c1)CNC=N2. The van der Waals surface area contributed by atoms with E-state index in [9.17, 15) is 4.79 Å². The second-order valence-corrected chi connectivity index (χ2v) is 2.91. The van der Waals surface area contributed by atoms with Crippen LogP contribution in [0.3, 0.4) is 0 Å². The lowest BCUT2D eigenvalue weighted by molar-refractivity contribution is 0.210. The maximum absolute atomic E-state index is 10.4. The molecule has 1 amide bonds. The molecule has 0 fully saturated rings. The highest BCUT2D eigenvalue weighted by molar-refractivity contribution is 5.83. The van der Waals surface area contributed by atoms with E-state index < -0.39 is 6.09 Å². The summed E-state index contributed by atoms with van der Waals surface area (Å²) in [5.41, 5.74) is 2.42. The highest BCUT2D eigenvalue weighted by atomic mass is 16.4. The summed E-state index contributed by atoms with van der Waals surface area (Å²) in [6.45, 7) is 0.675. The van der Waals surface area contributed by atoms with Gasteiger partial charge in [0.2, 0.25) is 0 Å². The molecule has 1 aromatic carbocycles. The number of hydrogen-bond acceptors (Lipinski definition) is 3. The molecule has 5 heteroatoms. The van der Waals surface area contributed by atoms with Crippen LogP contribution in [0, 0.1) is 0 Å². The minimum Gasteiger partial charge on any atom is -0.465 e. The second-order valence-electron chi connectivity index (χ2n) is 2.91. The summed E-state index contributed by atoms with van der Waals surface area (Å²) in [7, 11) is 0. The molecule has 0 bridgehead atoms. The molecule has 5 nitrogen and oxygen atoms in total. The fraction of sp³-hybridized carbons (Fsp3) is 0.111. The Balaban J connectivity index is 2.30. The number of anilines is 1. The highest BCUT2D eigenvalue weighted by Crippen LogP contribution is 2.24. The number of amides is 1. The second kappa shape index (κ2) is 3.37. The smallest absolute Gasteiger partial charge is 0.409 e. The van der Waals surface area contributed by atoms with Crippen molar-refractivity contribution in [2.24, 2.45) is 4.99 Å². The summed E-state index contributed by atoms with van der Waals surface area (Å²) in [4.78, 5) is 14.5. The van der Waals surface area contributed by atoms with Crippen molar-refractivity contribution in [2.45, 2.75) is 6.54 Å². The number of nitrogens with one attached hydrogen (secondary N) is 2. The third-order valence-electron chi connectivity index (χ3n) is 1.92. The number of benzene rings is 1. The first-order valence-electron chi connectivity index (χ1n) is 4.14. The molecule has 0 unspecified atom stereocenters. The number of rotatable bonds is 1. The first-order chi connectivity index (χ1) is 6.75. The Bertz CT molecular complexity index is 401.